The number of azo groups is 1. The highest BCUT2D eigenvalue weighted by molar-refractivity contribution is 7.16. The van der Waals surface area contributed by atoms with Gasteiger partial charge in [-0.05, 0) is 51.8 Å². The van der Waals surface area contributed by atoms with Crippen molar-refractivity contribution >= 4 is 27.8 Å². The summed E-state index contributed by atoms with van der Waals surface area (Å²) in [5.74, 6) is 0. The average Bonchev–Trinajstić information content (AvgIpc) is 3.19. The molecule has 4 aromatic rings. The molecule has 0 radical (unpaired) electrons. The van der Waals surface area contributed by atoms with Crippen LogP contribution in [0, 0.1) is 0 Å². The van der Waals surface area contributed by atoms with Gasteiger partial charge >= 0.3 is 5.13 Å². The summed E-state index contributed by atoms with van der Waals surface area (Å²) >= 11 is 1.46. The third-order valence-corrected chi connectivity index (χ3v) is 5.92. The van der Waals surface area contributed by atoms with Crippen LogP contribution < -0.4 is 31.2 Å². The van der Waals surface area contributed by atoms with Gasteiger partial charge in [-0.25, -0.2) is 4.57 Å². The normalized spacial score (nSPS) is 10.7. The number of rotatable bonds is 8. The van der Waals surface area contributed by atoms with Crippen LogP contribution in [0.5, 0.6) is 5.06 Å². The van der Waals surface area contributed by atoms with Crippen LogP contribution in [0.1, 0.15) is 11.1 Å². The Bertz CT molecular complexity index is 1090. The zero-order valence-corrected chi connectivity index (χ0v) is 20.5. The minimum Gasteiger partial charge on any atom is -1.00 e. The van der Waals surface area contributed by atoms with E-state index in [1.807, 2.05) is 42.1 Å². The lowest BCUT2D eigenvalue weighted by Crippen LogP contribution is -3.00. The number of ether oxygens (including phenoxy) is 1. The SMILES string of the molecule is COc1c[n+](C)c(N=Nc2ccc(N(Cc3ccccc3)Cc3ccccc3)cc2)s1.[Br-]. The fourth-order valence-electron chi connectivity index (χ4n) is 3.26. The van der Waals surface area contributed by atoms with E-state index in [1.54, 1.807) is 7.11 Å². The molecule has 0 amide bonds. The molecule has 0 aliphatic heterocycles. The molecule has 0 spiro atoms. The predicted molar refractivity (Wildman–Crippen MR) is 125 cm³/mol. The van der Waals surface area contributed by atoms with Crippen molar-refractivity contribution in [3.63, 3.8) is 0 Å². The Morgan fingerprint density at radius 3 is 1.88 bits per heavy atom. The van der Waals surface area contributed by atoms with E-state index in [2.05, 4.69) is 75.8 Å². The topological polar surface area (TPSA) is 41.1 Å². The number of nitrogens with zero attached hydrogens (tertiary/aromatic N) is 4. The number of aromatic nitrogens is 1. The molecule has 0 saturated heterocycles. The lowest BCUT2D eigenvalue weighted by Gasteiger charge is -2.25. The Balaban J connectivity index is 0.00000289. The van der Waals surface area contributed by atoms with Crippen LogP contribution in [0.25, 0.3) is 0 Å². The van der Waals surface area contributed by atoms with E-state index in [4.69, 9.17) is 4.74 Å². The van der Waals surface area contributed by atoms with Gasteiger partial charge in [0.2, 0.25) is 5.06 Å². The van der Waals surface area contributed by atoms with Crippen molar-refractivity contribution in [3.05, 3.63) is 102 Å². The third-order valence-electron chi connectivity index (χ3n) is 4.89. The van der Waals surface area contributed by atoms with Gasteiger partial charge in [0.15, 0.2) is 0 Å². The zero-order chi connectivity index (χ0) is 21.5. The van der Waals surface area contributed by atoms with Crippen molar-refractivity contribution in [3.8, 4) is 5.06 Å². The van der Waals surface area contributed by atoms with Crippen molar-refractivity contribution in [1.82, 2.24) is 0 Å². The van der Waals surface area contributed by atoms with Gasteiger partial charge in [-0.2, -0.15) is 0 Å². The van der Waals surface area contributed by atoms with Crippen LogP contribution in [0.2, 0.25) is 0 Å². The lowest BCUT2D eigenvalue weighted by molar-refractivity contribution is -0.654. The van der Waals surface area contributed by atoms with Gasteiger partial charge in [-0.3, -0.25) is 0 Å². The predicted octanol–water partition coefficient (Wildman–Crippen LogP) is 3.21. The summed E-state index contributed by atoms with van der Waals surface area (Å²) in [6, 6.07) is 29.3. The smallest absolute Gasteiger partial charge is 0.411 e. The monoisotopic (exact) mass is 508 g/mol. The van der Waals surface area contributed by atoms with Crippen LogP contribution in [-0.4, -0.2) is 7.11 Å². The lowest BCUT2D eigenvalue weighted by atomic mass is 10.1. The van der Waals surface area contributed by atoms with Gasteiger partial charge in [0.05, 0.1) is 19.3 Å². The Labute approximate surface area is 203 Å². The summed E-state index contributed by atoms with van der Waals surface area (Å²) in [4.78, 5) is 2.37. The van der Waals surface area contributed by atoms with Crippen LogP contribution in [0.15, 0.2) is 101 Å². The number of halogens is 1. The number of methoxy groups -OCH3 is 1. The van der Waals surface area contributed by atoms with E-state index in [1.165, 1.54) is 22.5 Å². The molecule has 5 nitrogen and oxygen atoms in total. The van der Waals surface area contributed by atoms with Crippen LogP contribution >= 0.6 is 11.3 Å². The van der Waals surface area contributed by atoms with E-state index >= 15 is 0 Å². The van der Waals surface area contributed by atoms with Gasteiger partial charge in [0, 0.05) is 18.8 Å². The highest BCUT2D eigenvalue weighted by Crippen LogP contribution is 2.28. The molecule has 0 aliphatic carbocycles. The fourth-order valence-corrected chi connectivity index (χ4v) is 4.02. The molecular formula is C25H25BrN4OS. The molecule has 1 heterocycles. The van der Waals surface area contributed by atoms with Gasteiger partial charge in [0.1, 0.15) is 11.9 Å². The first-order valence-electron chi connectivity index (χ1n) is 10.1. The molecule has 0 unspecified atom stereocenters. The second-order valence-corrected chi connectivity index (χ2v) is 8.16. The Kier molecular flexibility index (Phi) is 8.53. The molecule has 1 aromatic heterocycles. The number of aryl methyl sites for hydroxylation is 1. The third kappa shape index (κ3) is 6.24. The van der Waals surface area contributed by atoms with Crippen molar-refractivity contribution in [1.29, 1.82) is 0 Å². The Morgan fingerprint density at radius 2 is 1.38 bits per heavy atom. The highest BCUT2D eigenvalue weighted by Gasteiger charge is 2.14. The van der Waals surface area contributed by atoms with Gasteiger partial charge in [0.25, 0.3) is 0 Å². The first-order chi connectivity index (χ1) is 15.2. The molecule has 0 saturated carbocycles. The van der Waals surface area contributed by atoms with E-state index in [9.17, 15) is 0 Å². The summed E-state index contributed by atoms with van der Waals surface area (Å²) in [5.41, 5.74) is 4.52. The summed E-state index contributed by atoms with van der Waals surface area (Å²) in [6.45, 7) is 1.67. The quantitative estimate of drug-likeness (QED) is 0.271. The number of benzene rings is 3. The molecular weight excluding hydrogens is 484 g/mol. The second-order valence-electron chi connectivity index (χ2n) is 7.19. The molecule has 0 N–H and O–H groups in total. The molecule has 0 aliphatic rings. The summed E-state index contributed by atoms with van der Waals surface area (Å²) in [6.07, 6.45) is 1.90. The van der Waals surface area contributed by atoms with Crippen molar-refractivity contribution in [2.24, 2.45) is 17.3 Å². The first-order valence-corrected chi connectivity index (χ1v) is 10.9. The summed E-state index contributed by atoms with van der Waals surface area (Å²) in [5, 5.41) is 10.4. The average molecular weight is 509 g/mol. The van der Waals surface area contributed by atoms with E-state index < -0.39 is 0 Å². The van der Waals surface area contributed by atoms with Crippen molar-refractivity contribution < 1.29 is 26.3 Å². The number of hydrogen-bond acceptors (Lipinski definition) is 5. The molecule has 0 fully saturated rings. The number of anilines is 1. The van der Waals surface area contributed by atoms with Gasteiger partial charge in [-0.15, -0.1) is 0 Å². The maximum atomic E-state index is 5.26. The maximum Gasteiger partial charge on any atom is 0.411 e. The van der Waals surface area contributed by atoms with Gasteiger partial charge < -0.3 is 26.6 Å². The fraction of sp³-hybridized carbons (Fsp3) is 0.160. The van der Waals surface area contributed by atoms with Crippen LogP contribution in [0.4, 0.5) is 16.5 Å². The minimum absolute atomic E-state index is 0. The van der Waals surface area contributed by atoms with E-state index in [0.29, 0.717) is 0 Å². The molecule has 32 heavy (non-hydrogen) atoms. The standard InChI is InChI=1S/C25H25N4OS.BrH/c1-28-19-24(30-2)31-25(28)27-26-22-13-15-23(16-14-22)29(17-20-9-5-3-6-10-20)18-21-11-7-4-8-12-21;/h3-16,19H,17-18H2,1-2H3;1H/q+1;/p-1. The first kappa shape index (κ1) is 23.6. The molecule has 0 bridgehead atoms. The maximum absolute atomic E-state index is 5.26. The van der Waals surface area contributed by atoms with Crippen LogP contribution in [0.3, 0.4) is 0 Å². The highest BCUT2D eigenvalue weighted by atomic mass is 79.9. The molecule has 0 atom stereocenters. The number of hydrogen-bond donors (Lipinski definition) is 0. The van der Waals surface area contributed by atoms with Crippen molar-refractivity contribution in [2.45, 2.75) is 13.1 Å². The summed E-state index contributed by atoms with van der Waals surface area (Å²) < 4.78 is 7.16. The Hall–Kier alpha value is -3.03. The van der Waals surface area contributed by atoms with Crippen molar-refractivity contribution in [2.75, 3.05) is 12.0 Å². The molecule has 7 heteroatoms. The summed E-state index contributed by atoms with van der Waals surface area (Å²) in [7, 11) is 3.59. The second kappa shape index (κ2) is 11.5. The largest absolute Gasteiger partial charge is 1.00 e. The van der Waals surface area contributed by atoms with Crippen LogP contribution in [-0.2, 0) is 20.1 Å². The number of thiazole rings is 1. The van der Waals surface area contributed by atoms with E-state index in [0.717, 1.165) is 34.7 Å². The Morgan fingerprint density at radius 1 is 0.812 bits per heavy atom. The molecule has 4 rings (SSSR count). The zero-order valence-electron chi connectivity index (χ0n) is 18.1. The minimum atomic E-state index is 0. The molecule has 3 aromatic carbocycles. The molecule has 164 valence electrons. The van der Waals surface area contributed by atoms with Gasteiger partial charge in [-0.1, -0.05) is 60.7 Å². The van der Waals surface area contributed by atoms with E-state index in [-0.39, 0.29) is 17.0 Å².